The smallest absolute Gasteiger partial charge is 0.338 e. The van der Waals surface area contributed by atoms with Crippen molar-refractivity contribution in [3.8, 4) is 0 Å². The normalized spacial score (nSPS) is 32.7. The van der Waals surface area contributed by atoms with Crippen molar-refractivity contribution < 1.29 is 42.5 Å². The van der Waals surface area contributed by atoms with Crippen LogP contribution in [-0.2, 0) is 38.1 Å². The van der Waals surface area contributed by atoms with Gasteiger partial charge in [0.2, 0.25) is 0 Å². The summed E-state index contributed by atoms with van der Waals surface area (Å²) in [6, 6.07) is 1.81. The van der Waals surface area contributed by atoms with Crippen LogP contribution in [-0.4, -0.2) is 42.0 Å². The van der Waals surface area contributed by atoms with Crippen molar-refractivity contribution in [3.63, 3.8) is 0 Å². The lowest BCUT2D eigenvalue weighted by Gasteiger charge is -2.29. The first-order valence-corrected chi connectivity index (χ1v) is 10.7. The van der Waals surface area contributed by atoms with Gasteiger partial charge in [-0.1, -0.05) is 6.58 Å². The van der Waals surface area contributed by atoms with E-state index in [1.165, 1.54) is 13.8 Å². The maximum absolute atomic E-state index is 12.7. The molecule has 9 nitrogen and oxygen atoms in total. The highest BCUT2D eigenvalue weighted by atomic mass is 16.6. The van der Waals surface area contributed by atoms with Crippen LogP contribution in [0.5, 0.6) is 0 Å². The van der Waals surface area contributed by atoms with E-state index in [0.29, 0.717) is 29.8 Å². The third kappa shape index (κ3) is 4.37. The average Bonchev–Trinajstić information content (AvgIpc) is 3.02. The molecule has 1 fully saturated rings. The molecule has 0 spiro atoms. The summed E-state index contributed by atoms with van der Waals surface area (Å²) >= 11 is 0. The Bertz CT molecular complexity index is 1060. The van der Waals surface area contributed by atoms with Crippen LogP contribution in [0.25, 0.3) is 0 Å². The van der Waals surface area contributed by atoms with Crippen molar-refractivity contribution in [1.29, 1.82) is 0 Å². The number of carbonyl (C=O) groups excluding carboxylic acids is 4. The van der Waals surface area contributed by atoms with E-state index in [-0.39, 0.29) is 23.7 Å². The number of hydrogen-bond acceptors (Lipinski definition) is 9. The molecular formula is C24H26O9. The summed E-state index contributed by atoms with van der Waals surface area (Å²) in [5.41, 5.74) is 0.332. The molecule has 6 atom stereocenters. The maximum Gasteiger partial charge on any atom is 0.338 e. The van der Waals surface area contributed by atoms with Gasteiger partial charge in [0, 0.05) is 26.2 Å². The lowest BCUT2D eigenvalue weighted by atomic mass is 9.85. The lowest BCUT2D eigenvalue weighted by molar-refractivity contribution is -0.154. The molecule has 0 aromatic carbocycles. The third-order valence-electron chi connectivity index (χ3n) is 6.25. The zero-order chi connectivity index (χ0) is 24.1. The number of rotatable bonds is 4. The highest BCUT2D eigenvalue weighted by Gasteiger charge is 2.57. The molecule has 33 heavy (non-hydrogen) atoms. The first kappa shape index (κ1) is 23.0. The zero-order valence-corrected chi connectivity index (χ0v) is 18.9. The van der Waals surface area contributed by atoms with Gasteiger partial charge in [0.15, 0.2) is 6.10 Å². The second-order valence-electron chi connectivity index (χ2n) is 8.94. The predicted molar refractivity (Wildman–Crippen MR) is 112 cm³/mol. The Balaban J connectivity index is 1.86. The van der Waals surface area contributed by atoms with Gasteiger partial charge in [-0.05, 0) is 43.5 Å². The minimum Gasteiger partial charge on any atom is -0.459 e. The van der Waals surface area contributed by atoms with Crippen molar-refractivity contribution in [3.05, 3.63) is 47.0 Å². The highest BCUT2D eigenvalue weighted by molar-refractivity contribution is 5.92. The summed E-state index contributed by atoms with van der Waals surface area (Å²) in [5.74, 6) is -1.78. The number of ether oxygens (including phenoxy) is 4. The second-order valence-corrected chi connectivity index (χ2v) is 8.94. The summed E-state index contributed by atoms with van der Waals surface area (Å²) < 4.78 is 28.6. The number of hydrogen-bond donors (Lipinski definition) is 0. The van der Waals surface area contributed by atoms with E-state index in [9.17, 15) is 19.2 Å². The Morgan fingerprint density at radius 2 is 1.94 bits per heavy atom. The van der Waals surface area contributed by atoms with Crippen LogP contribution >= 0.6 is 0 Å². The summed E-state index contributed by atoms with van der Waals surface area (Å²) in [6.45, 7) is 9.97. The maximum atomic E-state index is 12.7. The number of furan rings is 1. The molecular weight excluding hydrogens is 432 g/mol. The van der Waals surface area contributed by atoms with E-state index < -0.39 is 47.7 Å². The van der Waals surface area contributed by atoms with Gasteiger partial charge in [-0.25, -0.2) is 4.79 Å². The molecule has 1 saturated heterocycles. The van der Waals surface area contributed by atoms with Gasteiger partial charge in [-0.2, -0.15) is 0 Å². The predicted octanol–water partition coefficient (Wildman–Crippen LogP) is 2.97. The molecule has 0 radical (unpaired) electrons. The van der Waals surface area contributed by atoms with Gasteiger partial charge in [-0.15, -0.1) is 0 Å². The molecule has 0 aliphatic carbocycles. The van der Waals surface area contributed by atoms with E-state index in [2.05, 4.69) is 6.58 Å². The van der Waals surface area contributed by atoms with Crippen molar-refractivity contribution >= 4 is 24.2 Å². The number of carbonyl (C=O) groups is 4. The third-order valence-corrected chi connectivity index (χ3v) is 6.25. The molecule has 3 aliphatic rings. The minimum atomic E-state index is -1.04. The molecule has 0 N–H and O–H groups in total. The Labute approximate surface area is 190 Å². The minimum absolute atomic E-state index is 0.0462. The SMILES string of the molecule is C=C(C=O)C1C[C@@H](OC(C)=O)C2=C[C@H](C[C@@]3(C)O[C@@H]3c3cc(C)c(o3)[C@H]1OC(C)=O)OC2=O. The van der Waals surface area contributed by atoms with Crippen molar-refractivity contribution in [2.24, 2.45) is 5.92 Å². The van der Waals surface area contributed by atoms with E-state index in [1.54, 1.807) is 19.1 Å². The molecule has 0 saturated carbocycles. The fourth-order valence-corrected chi connectivity index (χ4v) is 4.65. The van der Waals surface area contributed by atoms with E-state index in [0.717, 1.165) is 0 Å². The van der Waals surface area contributed by atoms with Crippen molar-refractivity contribution in [2.45, 2.75) is 70.6 Å². The monoisotopic (exact) mass is 458 g/mol. The summed E-state index contributed by atoms with van der Waals surface area (Å²) in [4.78, 5) is 48.3. The number of fused-ring (bicyclic) bond motifs is 5. The Morgan fingerprint density at radius 3 is 2.58 bits per heavy atom. The summed E-state index contributed by atoms with van der Waals surface area (Å²) in [5, 5.41) is 0. The molecule has 4 bridgehead atoms. The molecule has 1 aromatic rings. The van der Waals surface area contributed by atoms with Crippen LogP contribution < -0.4 is 0 Å². The van der Waals surface area contributed by atoms with Gasteiger partial charge in [0.25, 0.3) is 0 Å². The highest BCUT2D eigenvalue weighted by Crippen LogP contribution is 2.54. The van der Waals surface area contributed by atoms with Crippen LogP contribution in [0, 0.1) is 12.8 Å². The molecule has 1 unspecified atom stereocenters. The lowest BCUT2D eigenvalue weighted by Crippen LogP contribution is -2.30. The standard InChI is InChI=1S/C24H26O9/c1-11-6-19-22-24(5,33-22)9-15-7-17(23(28)31-15)18(29-13(3)26)8-16(12(2)10-25)21(20(11)32-19)30-14(4)27/h6-7,10,15-16,18,21-22H,2,8-9H2,1,3-5H3/t15-,16?,18-,21+,22-,24-/m1/s1. The van der Waals surface area contributed by atoms with Gasteiger partial charge >= 0.3 is 17.9 Å². The van der Waals surface area contributed by atoms with Crippen LogP contribution in [0.1, 0.15) is 62.9 Å². The Morgan fingerprint density at radius 1 is 1.24 bits per heavy atom. The second kappa shape index (κ2) is 8.30. The topological polar surface area (TPSA) is 122 Å². The molecule has 4 heterocycles. The van der Waals surface area contributed by atoms with Crippen LogP contribution in [0.2, 0.25) is 0 Å². The fourth-order valence-electron chi connectivity index (χ4n) is 4.65. The molecule has 9 heteroatoms. The Hall–Kier alpha value is -3.20. The van der Waals surface area contributed by atoms with Crippen molar-refractivity contribution in [1.82, 2.24) is 0 Å². The molecule has 0 amide bonds. The Kier molecular flexibility index (Phi) is 5.78. The van der Waals surface area contributed by atoms with E-state index >= 15 is 0 Å². The number of epoxide rings is 1. The number of esters is 3. The van der Waals surface area contributed by atoms with E-state index in [4.69, 9.17) is 23.4 Å². The van der Waals surface area contributed by atoms with E-state index in [1.807, 2.05) is 6.92 Å². The van der Waals surface area contributed by atoms with Crippen LogP contribution in [0.4, 0.5) is 0 Å². The summed E-state index contributed by atoms with van der Waals surface area (Å²) in [7, 11) is 0. The number of aryl methyl sites for hydroxylation is 1. The first-order valence-electron chi connectivity index (χ1n) is 10.7. The van der Waals surface area contributed by atoms with Gasteiger partial charge < -0.3 is 23.4 Å². The number of aldehydes is 1. The molecule has 4 rings (SSSR count). The van der Waals surface area contributed by atoms with Gasteiger partial charge in [-0.3, -0.25) is 14.4 Å². The van der Waals surface area contributed by atoms with Crippen molar-refractivity contribution in [2.75, 3.05) is 0 Å². The molecule has 3 aliphatic heterocycles. The largest absolute Gasteiger partial charge is 0.459 e. The van der Waals surface area contributed by atoms with Gasteiger partial charge in [0.1, 0.15) is 41.7 Å². The zero-order valence-electron chi connectivity index (χ0n) is 18.9. The van der Waals surface area contributed by atoms with Crippen LogP contribution in [0.15, 0.2) is 34.3 Å². The molecule has 1 aromatic heterocycles. The summed E-state index contributed by atoms with van der Waals surface area (Å²) in [6.07, 6.45) is -0.523. The average molecular weight is 458 g/mol. The van der Waals surface area contributed by atoms with Crippen LogP contribution in [0.3, 0.4) is 0 Å². The first-order chi connectivity index (χ1) is 15.5. The quantitative estimate of drug-likeness (QED) is 0.220. The van der Waals surface area contributed by atoms with Gasteiger partial charge in [0.05, 0.1) is 5.57 Å². The molecule has 176 valence electrons. The fraction of sp³-hybridized carbons (Fsp3) is 0.500.